The molecule has 2 aliphatic rings. The van der Waals surface area contributed by atoms with Crippen molar-refractivity contribution in [2.24, 2.45) is 5.92 Å². The number of halogens is 1. The van der Waals surface area contributed by atoms with E-state index in [0.29, 0.717) is 12.5 Å². The van der Waals surface area contributed by atoms with Crippen molar-refractivity contribution in [3.63, 3.8) is 0 Å². The summed E-state index contributed by atoms with van der Waals surface area (Å²) in [4.78, 5) is 14.8. The monoisotopic (exact) mass is 354 g/mol. The zero-order valence-corrected chi connectivity index (χ0v) is 15.0. The molecule has 0 radical (unpaired) electrons. The maximum Gasteiger partial charge on any atom is 0.224 e. The van der Waals surface area contributed by atoms with Crippen LogP contribution >= 0.6 is 11.6 Å². The first-order valence-corrected chi connectivity index (χ1v) is 9.45. The van der Waals surface area contributed by atoms with E-state index in [0.717, 1.165) is 30.1 Å². The van der Waals surface area contributed by atoms with Gasteiger partial charge in [0.15, 0.2) is 0 Å². The highest BCUT2D eigenvalue weighted by Gasteiger charge is 2.43. The predicted molar refractivity (Wildman–Crippen MR) is 102 cm³/mol. The van der Waals surface area contributed by atoms with Gasteiger partial charge >= 0.3 is 0 Å². The summed E-state index contributed by atoms with van der Waals surface area (Å²) >= 11 is 6.04. The zero-order chi connectivity index (χ0) is 17.2. The summed E-state index contributed by atoms with van der Waals surface area (Å²) in [5.74, 6) is 0.548. The molecule has 3 nitrogen and oxygen atoms in total. The number of amides is 1. The molecule has 2 aromatic rings. The van der Waals surface area contributed by atoms with Gasteiger partial charge in [-0.05, 0) is 60.6 Å². The lowest BCUT2D eigenvalue weighted by molar-refractivity contribution is -0.122. The highest BCUT2D eigenvalue weighted by Crippen LogP contribution is 2.47. The molecule has 1 saturated heterocycles. The summed E-state index contributed by atoms with van der Waals surface area (Å²) in [6, 6.07) is 16.4. The average molecular weight is 355 g/mol. The minimum absolute atomic E-state index is 0.0855. The van der Waals surface area contributed by atoms with Crippen molar-refractivity contribution in [3.05, 3.63) is 64.7 Å². The first-order chi connectivity index (χ1) is 12.2. The average Bonchev–Trinajstić information content (AvgIpc) is 3.25. The van der Waals surface area contributed by atoms with Crippen LogP contribution in [0.1, 0.15) is 36.3 Å². The van der Waals surface area contributed by atoms with Gasteiger partial charge in [0.25, 0.3) is 0 Å². The van der Waals surface area contributed by atoms with E-state index in [1.54, 1.807) is 0 Å². The van der Waals surface area contributed by atoms with Crippen LogP contribution < -0.4 is 10.2 Å². The number of benzene rings is 2. The van der Waals surface area contributed by atoms with Crippen molar-refractivity contribution >= 4 is 23.2 Å². The first kappa shape index (κ1) is 16.5. The van der Waals surface area contributed by atoms with Gasteiger partial charge in [-0.25, -0.2) is 0 Å². The van der Waals surface area contributed by atoms with Crippen molar-refractivity contribution in [2.75, 3.05) is 18.0 Å². The van der Waals surface area contributed by atoms with Gasteiger partial charge in [-0.1, -0.05) is 35.9 Å². The second-order valence-corrected chi connectivity index (χ2v) is 7.52. The summed E-state index contributed by atoms with van der Waals surface area (Å²) in [6.07, 6.45) is 3.49. The van der Waals surface area contributed by atoms with Gasteiger partial charge in [0.2, 0.25) is 5.91 Å². The van der Waals surface area contributed by atoms with Crippen LogP contribution in [-0.2, 0) is 11.3 Å². The van der Waals surface area contributed by atoms with Crippen LogP contribution in [0, 0.1) is 5.92 Å². The maximum absolute atomic E-state index is 12.4. The van der Waals surface area contributed by atoms with E-state index in [4.69, 9.17) is 11.6 Å². The Kier molecular flexibility index (Phi) is 4.67. The zero-order valence-electron chi connectivity index (χ0n) is 14.2. The fourth-order valence-electron chi connectivity index (χ4n) is 3.71. The van der Waals surface area contributed by atoms with Crippen LogP contribution in [0.5, 0.6) is 0 Å². The highest BCUT2D eigenvalue weighted by molar-refractivity contribution is 6.30. The molecule has 2 fully saturated rings. The Morgan fingerprint density at radius 3 is 2.60 bits per heavy atom. The molecule has 1 heterocycles. The topological polar surface area (TPSA) is 32.3 Å². The van der Waals surface area contributed by atoms with Crippen molar-refractivity contribution in [1.82, 2.24) is 5.32 Å². The van der Waals surface area contributed by atoms with Crippen LogP contribution in [0.4, 0.5) is 5.69 Å². The molecule has 130 valence electrons. The Bertz CT molecular complexity index is 753. The second kappa shape index (κ2) is 7.09. The Morgan fingerprint density at radius 2 is 1.88 bits per heavy atom. The molecule has 0 spiro atoms. The third-order valence-electron chi connectivity index (χ3n) is 5.28. The second-order valence-electron chi connectivity index (χ2n) is 7.08. The van der Waals surface area contributed by atoms with E-state index in [9.17, 15) is 4.79 Å². The third kappa shape index (κ3) is 3.82. The van der Waals surface area contributed by atoms with Crippen LogP contribution in [-0.4, -0.2) is 19.0 Å². The lowest BCUT2D eigenvalue weighted by Crippen LogP contribution is -2.25. The van der Waals surface area contributed by atoms with E-state index in [1.165, 1.54) is 24.1 Å². The van der Waals surface area contributed by atoms with E-state index in [-0.39, 0.29) is 11.8 Å². The summed E-state index contributed by atoms with van der Waals surface area (Å²) in [5.41, 5.74) is 3.61. The third-order valence-corrected chi connectivity index (χ3v) is 5.51. The molecule has 1 N–H and O–H groups in total. The smallest absolute Gasteiger partial charge is 0.224 e. The largest absolute Gasteiger partial charge is 0.372 e. The Balaban J connectivity index is 1.29. The molecular formula is C21H23ClN2O. The molecule has 1 aliphatic carbocycles. The standard InChI is InChI=1S/C21H23ClN2O/c22-17-5-3-4-16(12-17)19-13-20(19)21(25)23-14-15-6-8-18(9-7-15)24-10-1-2-11-24/h3-9,12,19-20H,1-2,10-11,13-14H2,(H,23,25). The molecule has 2 aromatic carbocycles. The van der Waals surface area contributed by atoms with Gasteiger partial charge in [-0.15, -0.1) is 0 Å². The van der Waals surface area contributed by atoms with Crippen LogP contribution in [0.3, 0.4) is 0 Å². The number of rotatable bonds is 5. The van der Waals surface area contributed by atoms with Crippen molar-refractivity contribution < 1.29 is 4.79 Å². The Hall–Kier alpha value is -2.00. The number of nitrogens with zero attached hydrogens (tertiary/aromatic N) is 1. The molecule has 4 rings (SSSR count). The normalized spacial score (nSPS) is 22.0. The molecular weight excluding hydrogens is 332 g/mol. The summed E-state index contributed by atoms with van der Waals surface area (Å²) in [6.45, 7) is 2.91. The number of anilines is 1. The van der Waals surface area contributed by atoms with Gasteiger partial charge in [-0.3, -0.25) is 4.79 Å². The van der Waals surface area contributed by atoms with Crippen molar-refractivity contribution in [2.45, 2.75) is 31.7 Å². The number of hydrogen-bond donors (Lipinski definition) is 1. The fraction of sp³-hybridized carbons (Fsp3) is 0.381. The minimum atomic E-state index is 0.0855. The maximum atomic E-state index is 12.4. The van der Waals surface area contributed by atoms with Gasteiger partial charge in [0.05, 0.1) is 0 Å². The highest BCUT2D eigenvalue weighted by atomic mass is 35.5. The summed E-state index contributed by atoms with van der Waals surface area (Å²) < 4.78 is 0. The number of carbonyl (C=O) groups excluding carboxylic acids is 1. The van der Waals surface area contributed by atoms with E-state index < -0.39 is 0 Å². The molecule has 1 saturated carbocycles. The number of carbonyl (C=O) groups is 1. The number of hydrogen-bond acceptors (Lipinski definition) is 2. The molecule has 4 heteroatoms. The quantitative estimate of drug-likeness (QED) is 0.865. The molecule has 0 bridgehead atoms. The molecule has 1 amide bonds. The SMILES string of the molecule is O=C(NCc1ccc(N2CCCC2)cc1)C1CC1c1cccc(Cl)c1. The molecule has 25 heavy (non-hydrogen) atoms. The lowest BCUT2D eigenvalue weighted by Gasteiger charge is -2.17. The van der Waals surface area contributed by atoms with Crippen molar-refractivity contribution in [1.29, 1.82) is 0 Å². The first-order valence-electron chi connectivity index (χ1n) is 9.08. The predicted octanol–water partition coefficient (Wildman–Crippen LogP) is 4.36. The van der Waals surface area contributed by atoms with Gasteiger partial charge in [0, 0.05) is 36.3 Å². The molecule has 0 aromatic heterocycles. The minimum Gasteiger partial charge on any atom is -0.372 e. The van der Waals surface area contributed by atoms with Crippen LogP contribution in [0.25, 0.3) is 0 Å². The van der Waals surface area contributed by atoms with Crippen LogP contribution in [0.2, 0.25) is 5.02 Å². The summed E-state index contributed by atoms with van der Waals surface area (Å²) in [5, 5.41) is 3.82. The van der Waals surface area contributed by atoms with E-state index >= 15 is 0 Å². The van der Waals surface area contributed by atoms with Gasteiger partial charge in [0.1, 0.15) is 0 Å². The molecule has 2 atom stereocenters. The Morgan fingerprint density at radius 1 is 1.12 bits per heavy atom. The van der Waals surface area contributed by atoms with E-state index in [1.807, 2.05) is 18.2 Å². The molecule has 2 unspecified atom stereocenters. The van der Waals surface area contributed by atoms with Crippen molar-refractivity contribution in [3.8, 4) is 0 Å². The van der Waals surface area contributed by atoms with Gasteiger partial charge in [-0.2, -0.15) is 0 Å². The van der Waals surface area contributed by atoms with E-state index in [2.05, 4.69) is 40.5 Å². The number of nitrogens with one attached hydrogen (secondary N) is 1. The molecule has 1 aliphatic heterocycles. The summed E-state index contributed by atoms with van der Waals surface area (Å²) in [7, 11) is 0. The van der Waals surface area contributed by atoms with Gasteiger partial charge < -0.3 is 10.2 Å². The van der Waals surface area contributed by atoms with Crippen LogP contribution in [0.15, 0.2) is 48.5 Å². The lowest BCUT2D eigenvalue weighted by atomic mass is 10.1. The fourth-order valence-corrected chi connectivity index (χ4v) is 3.91. The Labute approximate surface area is 154 Å².